The lowest BCUT2D eigenvalue weighted by molar-refractivity contribution is -0.141. The van der Waals surface area contributed by atoms with Gasteiger partial charge in [0.25, 0.3) is 6.43 Å². The van der Waals surface area contributed by atoms with Crippen LogP contribution in [-0.2, 0) is 16.3 Å². The summed E-state index contributed by atoms with van der Waals surface area (Å²) in [5.41, 5.74) is -1.27. The molecule has 0 bridgehead atoms. The smallest absolute Gasteiger partial charge is 0.281 e. The molecular weight excluding hydrogens is 503 g/mol. The van der Waals surface area contributed by atoms with E-state index < -0.39 is 34.1 Å². The first-order chi connectivity index (χ1) is 15.9. The van der Waals surface area contributed by atoms with E-state index in [1.54, 1.807) is 0 Å². The molecule has 0 radical (unpaired) electrons. The summed E-state index contributed by atoms with van der Waals surface area (Å²) >= 11 is 0.747. The predicted molar refractivity (Wildman–Crippen MR) is 112 cm³/mol. The number of aromatic nitrogens is 4. The molecule has 0 aromatic carbocycles. The minimum Gasteiger partial charge on any atom is -0.281 e. The third-order valence-corrected chi connectivity index (χ3v) is 6.85. The van der Waals surface area contributed by atoms with Gasteiger partial charge in [-0.15, -0.1) is 11.3 Å². The number of rotatable bonds is 5. The van der Waals surface area contributed by atoms with E-state index in [0.717, 1.165) is 29.7 Å². The minimum absolute atomic E-state index is 0.0651. The molecular formula is C20H11F5N4O3S2. The van der Waals surface area contributed by atoms with Gasteiger partial charge >= 0.3 is 16.3 Å². The second-order valence-corrected chi connectivity index (χ2v) is 9.49. The number of alkyl halides is 5. The second kappa shape index (κ2) is 8.77. The summed E-state index contributed by atoms with van der Waals surface area (Å²) in [6.45, 7) is 0. The first kappa shape index (κ1) is 23.8. The van der Waals surface area contributed by atoms with E-state index in [9.17, 15) is 30.4 Å². The van der Waals surface area contributed by atoms with Crippen molar-refractivity contribution in [2.24, 2.45) is 0 Å². The Kier molecular flexibility index (Phi) is 6.14. The van der Waals surface area contributed by atoms with E-state index in [-0.39, 0.29) is 32.5 Å². The van der Waals surface area contributed by atoms with Gasteiger partial charge in [-0.2, -0.15) is 21.6 Å². The standard InChI is InChI=1S/C20H11F5N4O3S2/c21-18(22)14-8-12(11-1-3-16(27-9-11)20(23,24)25)28-19(29-14)10-5-6-26-13(7-10)15-2-4-17(33-15)34(30,31)32/h1-9,18H,(H,30,31,32). The summed E-state index contributed by atoms with van der Waals surface area (Å²) in [5.74, 6) is -0.150. The molecule has 4 rings (SSSR count). The Morgan fingerprint density at radius 3 is 2.26 bits per heavy atom. The molecule has 34 heavy (non-hydrogen) atoms. The Hall–Kier alpha value is -3.36. The Labute approximate surface area is 192 Å². The summed E-state index contributed by atoms with van der Waals surface area (Å²) < 4.78 is 96.8. The zero-order valence-corrected chi connectivity index (χ0v) is 18.2. The van der Waals surface area contributed by atoms with Crippen molar-refractivity contribution >= 4 is 21.5 Å². The van der Waals surface area contributed by atoms with Crippen molar-refractivity contribution in [2.45, 2.75) is 16.8 Å². The fraction of sp³-hybridized carbons (Fsp3) is 0.100. The maximum absolute atomic E-state index is 13.5. The fourth-order valence-corrected chi connectivity index (χ4v) is 4.50. The maximum Gasteiger partial charge on any atom is 0.433 e. The van der Waals surface area contributed by atoms with Crippen LogP contribution >= 0.6 is 11.3 Å². The van der Waals surface area contributed by atoms with Crippen molar-refractivity contribution in [1.82, 2.24) is 19.9 Å². The zero-order chi connectivity index (χ0) is 24.7. The molecule has 4 aromatic heterocycles. The van der Waals surface area contributed by atoms with Gasteiger partial charge in [-0.05, 0) is 42.5 Å². The van der Waals surface area contributed by atoms with Crippen molar-refractivity contribution in [2.75, 3.05) is 0 Å². The van der Waals surface area contributed by atoms with Gasteiger partial charge in [-0.3, -0.25) is 14.5 Å². The number of pyridine rings is 2. The number of thiophene rings is 1. The van der Waals surface area contributed by atoms with Crippen LogP contribution < -0.4 is 0 Å². The molecule has 0 spiro atoms. The number of halogens is 5. The summed E-state index contributed by atoms with van der Waals surface area (Å²) in [4.78, 5) is 15.9. The molecule has 14 heteroatoms. The quantitative estimate of drug-likeness (QED) is 0.276. The highest BCUT2D eigenvalue weighted by Gasteiger charge is 2.32. The zero-order valence-electron chi connectivity index (χ0n) is 16.5. The molecule has 0 unspecified atom stereocenters. The molecule has 7 nitrogen and oxygen atoms in total. The number of nitrogens with zero attached hydrogens (tertiary/aromatic N) is 4. The third kappa shape index (κ3) is 5.08. The van der Waals surface area contributed by atoms with Gasteiger partial charge in [0, 0.05) is 23.5 Å². The SMILES string of the molecule is O=S(=O)(O)c1ccc(-c2cc(-c3nc(-c4ccc(C(F)(F)F)nc4)cc(C(F)F)n3)ccn2)s1. The Bertz CT molecular complexity index is 1460. The van der Waals surface area contributed by atoms with Crippen molar-refractivity contribution in [3.63, 3.8) is 0 Å². The average Bonchev–Trinajstić information content (AvgIpc) is 3.29. The van der Waals surface area contributed by atoms with Crippen LogP contribution in [-0.4, -0.2) is 32.9 Å². The lowest BCUT2D eigenvalue weighted by atomic mass is 10.1. The maximum atomic E-state index is 13.5. The third-order valence-electron chi connectivity index (χ3n) is 4.43. The van der Waals surface area contributed by atoms with Crippen molar-refractivity contribution in [3.8, 4) is 33.2 Å². The van der Waals surface area contributed by atoms with Gasteiger partial charge in [0.05, 0.1) is 16.3 Å². The summed E-state index contributed by atoms with van der Waals surface area (Å²) in [7, 11) is -4.41. The van der Waals surface area contributed by atoms with Gasteiger partial charge in [0.1, 0.15) is 15.6 Å². The monoisotopic (exact) mass is 514 g/mol. The van der Waals surface area contributed by atoms with E-state index in [4.69, 9.17) is 4.55 Å². The molecule has 0 aliphatic rings. The molecule has 0 atom stereocenters. The molecule has 0 saturated carbocycles. The molecule has 0 aliphatic carbocycles. The lowest BCUT2D eigenvalue weighted by Gasteiger charge is -2.10. The van der Waals surface area contributed by atoms with Crippen molar-refractivity contribution in [3.05, 3.63) is 66.2 Å². The van der Waals surface area contributed by atoms with Crippen LogP contribution in [0.25, 0.3) is 33.2 Å². The normalized spacial score (nSPS) is 12.3. The van der Waals surface area contributed by atoms with Gasteiger partial charge < -0.3 is 0 Å². The topological polar surface area (TPSA) is 106 Å². The van der Waals surface area contributed by atoms with Gasteiger partial charge in [0.15, 0.2) is 5.82 Å². The van der Waals surface area contributed by atoms with E-state index >= 15 is 0 Å². The summed E-state index contributed by atoms with van der Waals surface area (Å²) in [6.07, 6.45) is -5.44. The molecule has 0 fully saturated rings. The summed E-state index contributed by atoms with van der Waals surface area (Å²) in [5, 5.41) is 0. The highest BCUT2D eigenvalue weighted by atomic mass is 32.3. The Morgan fingerprint density at radius 2 is 1.68 bits per heavy atom. The van der Waals surface area contributed by atoms with E-state index in [0.29, 0.717) is 10.9 Å². The fourth-order valence-electron chi connectivity index (χ4n) is 2.87. The van der Waals surface area contributed by atoms with Crippen molar-refractivity contribution in [1.29, 1.82) is 0 Å². The highest BCUT2D eigenvalue weighted by molar-refractivity contribution is 7.88. The number of hydrogen-bond donors (Lipinski definition) is 1. The van der Waals surface area contributed by atoms with E-state index in [2.05, 4.69) is 19.9 Å². The molecule has 0 amide bonds. The van der Waals surface area contributed by atoms with Gasteiger partial charge in [-0.25, -0.2) is 18.7 Å². The van der Waals surface area contributed by atoms with Crippen LogP contribution in [0.1, 0.15) is 17.8 Å². The molecule has 1 N–H and O–H groups in total. The van der Waals surface area contributed by atoms with Crippen LogP contribution in [0.2, 0.25) is 0 Å². The summed E-state index contributed by atoms with van der Waals surface area (Å²) in [6, 6.07) is 8.20. The van der Waals surface area contributed by atoms with E-state index in [1.165, 1.54) is 30.5 Å². The van der Waals surface area contributed by atoms with Crippen LogP contribution in [0.15, 0.2) is 59.1 Å². The minimum atomic E-state index is -4.66. The lowest BCUT2D eigenvalue weighted by Crippen LogP contribution is -2.07. The van der Waals surface area contributed by atoms with Crippen molar-refractivity contribution < 1.29 is 34.9 Å². The highest BCUT2D eigenvalue weighted by Crippen LogP contribution is 2.33. The Morgan fingerprint density at radius 1 is 0.912 bits per heavy atom. The Balaban J connectivity index is 1.77. The largest absolute Gasteiger partial charge is 0.433 e. The number of hydrogen-bond acceptors (Lipinski definition) is 7. The van der Waals surface area contributed by atoms with Crippen LogP contribution in [0.4, 0.5) is 22.0 Å². The molecule has 4 aromatic rings. The van der Waals surface area contributed by atoms with E-state index in [1.807, 2.05) is 0 Å². The van der Waals surface area contributed by atoms with Gasteiger partial charge in [-0.1, -0.05) is 0 Å². The molecule has 4 heterocycles. The van der Waals surface area contributed by atoms with Crippen LogP contribution in [0, 0.1) is 0 Å². The first-order valence-corrected chi connectivity index (χ1v) is 11.4. The predicted octanol–water partition coefficient (Wildman–Crippen LogP) is 5.53. The van der Waals surface area contributed by atoms with Crippen LogP contribution in [0.5, 0.6) is 0 Å². The first-order valence-electron chi connectivity index (χ1n) is 9.17. The molecule has 0 aliphatic heterocycles. The molecule has 0 saturated heterocycles. The average molecular weight is 514 g/mol. The van der Waals surface area contributed by atoms with Crippen LogP contribution in [0.3, 0.4) is 0 Å². The second-order valence-electron chi connectivity index (χ2n) is 6.76. The molecule has 176 valence electrons. The van der Waals surface area contributed by atoms with Gasteiger partial charge in [0.2, 0.25) is 0 Å².